The molecule has 0 spiro atoms. The summed E-state index contributed by atoms with van der Waals surface area (Å²) >= 11 is 13.2. The number of hydrogen-bond donors (Lipinski definition) is 1. The number of methoxy groups -OCH3 is 1. The molecular formula is C11H9Cl2N3O2S. The Labute approximate surface area is 124 Å². The second-order valence-corrected chi connectivity index (χ2v) is 5.30. The zero-order valence-corrected chi connectivity index (χ0v) is 12.1. The van der Waals surface area contributed by atoms with E-state index in [4.69, 9.17) is 27.9 Å². The summed E-state index contributed by atoms with van der Waals surface area (Å²) in [7, 11) is 1.51. The van der Waals surface area contributed by atoms with Crippen molar-refractivity contribution < 1.29 is 9.53 Å². The van der Waals surface area contributed by atoms with E-state index < -0.39 is 0 Å². The van der Waals surface area contributed by atoms with Crippen molar-refractivity contribution in [2.75, 3.05) is 12.9 Å². The lowest BCUT2D eigenvalue weighted by molar-refractivity contribution is -0.116. The maximum absolute atomic E-state index is 11.0. The Bertz CT molecular complexity index is 575. The van der Waals surface area contributed by atoms with Crippen LogP contribution in [0, 0.1) is 0 Å². The molecule has 1 aromatic rings. The van der Waals surface area contributed by atoms with Crippen LogP contribution in [-0.2, 0) is 4.79 Å². The zero-order chi connectivity index (χ0) is 13.8. The highest BCUT2D eigenvalue weighted by molar-refractivity contribution is 8.15. The second-order valence-electron chi connectivity index (χ2n) is 3.50. The van der Waals surface area contributed by atoms with Crippen LogP contribution < -0.4 is 10.1 Å². The number of nitrogens with zero attached hydrogens (tertiary/aromatic N) is 2. The molecule has 100 valence electrons. The maximum Gasteiger partial charge on any atom is 0.236 e. The third-order valence-electron chi connectivity index (χ3n) is 2.17. The fourth-order valence-corrected chi connectivity index (χ4v) is 2.63. The van der Waals surface area contributed by atoms with Gasteiger partial charge in [0.15, 0.2) is 5.17 Å². The summed E-state index contributed by atoms with van der Waals surface area (Å²) in [5.41, 5.74) is 0.610. The first-order valence-electron chi connectivity index (χ1n) is 5.17. The number of thioether (sulfide) groups is 1. The summed E-state index contributed by atoms with van der Waals surface area (Å²) in [5, 5.41) is 11.7. The number of carbonyl (C=O) groups excluding carboxylic acids is 1. The Morgan fingerprint density at radius 3 is 2.89 bits per heavy atom. The topological polar surface area (TPSA) is 63.1 Å². The molecule has 0 aromatic heterocycles. The molecule has 1 saturated heterocycles. The van der Waals surface area contributed by atoms with Crippen LogP contribution in [0.25, 0.3) is 0 Å². The van der Waals surface area contributed by atoms with Crippen molar-refractivity contribution in [2.45, 2.75) is 0 Å². The van der Waals surface area contributed by atoms with Gasteiger partial charge in [0.05, 0.1) is 24.1 Å². The molecule has 1 aromatic carbocycles. The summed E-state index contributed by atoms with van der Waals surface area (Å²) in [6, 6.07) is 3.24. The van der Waals surface area contributed by atoms with E-state index in [0.717, 1.165) is 0 Å². The van der Waals surface area contributed by atoms with E-state index in [1.807, 2.05) is 0 Å². The standard InChI is InChI=1S/C11H9Cl2N3O2S/c1-18-10-6(2-7(12)3-8(10)13)4-14-16-11-15-9(17)5-19-11/h2-4H,5H2,1H3,(H,15,16,17). The van der Waals surface area contributed by atoms with Crippen molar-refractivity contribution in [1.29, 1.82) is 0 Å². The highest BCUT2D eigenvalue weighted by Gasteiger charge is 2.16. The van der Waals surface area contributed by atoms with Gasteiger partial charge < -0.3 is 10.1 Å². The number of benzene rings is 1. The van der Waals surface area contributed by atoms with Gasteiger partial charge in [-0.05, 0) is 12.1 Å². The normalized spacial score (nSPS) is 17.2. The fraction of sp³-hybridized carbons (Fsp3) is 0.182. The lowest BCUT2D eigenvalue weighted by Gasteiger charge is -2.06. The van der Waals surface area contributed by atoms with Gasteiger partial charge in [-0.3, -0.25) is 4.79 Å². The molecule has 0 atom stereocenters. The van der Waals surface area contributed by atoms with Crippen molar-refractivity contribution in [2.24, 2.45) is 10.2 Å². The smallest absolute Gasteiger partial charge is 0.236 e. The first kappa shape index (κ1) is 14.2. The van der Waals surface area contributed by atoms with Crippen LogP contribution in [-0.4, -0.2) is 30.2 Å². The number of carbonyl (C=O) groups is 1. The molecular weight excluding hydrogens is 309 g/mol. The highest BCUT2D eigenvalue weighted by Crippen LogP contribution is 2.31. The molecule has 1 N–H and O–H groups in total. The highest BCUT2D eigenvalue weighted by atomic mass is 35.5. The molecule has 2 rings (SSSR count). The Hall–Kier alpha value is -1.24. The van der Waals surface area contributed by atoms with Gasteiger partial charge in [-0.15, -0.1) is 5.10 Å². The van der Waals surface area contributed by atoms with Gasteiger partial charge in [0, 0.05) is 10.6 Å². The van der Waals surface area contributed by atoms with E-state index in [2.05, 4.69) is 15.5 Å². The molecule has 1 aliphatic rings. The number of rotatable bonds is 3. The average Bonchev–Trinajstić information content (AvgIpc) is 2.74. The third-order valence-corrected chi connectivity index (χ3v) is 3.54. The quantitative estimate of drug-likeness (QED) is 0.688. The Kier molecular flexibility index (Phi) is 4.68. The number of amides is 1. The summed E-state index contributed by atoms with van der Waals surface area (Å²) in [4.78, 5) is 11.0. The lowest BCUT2D eigenvalue weighted by atomic mass is 10.2. The third kappa shape index (κ3) is 3.62. The molecule has 8 heteroatoms. The van der Waals surface area contributed by atoms with Gasteiger partial charge >= 0.3 is 0 Å². The van der Waals surface area contributed by atoms with E-state index in [1.54, 1.807) is 12.1 Å². The van der Waals surface area contributed by atoms with Gasteiger partial charge in [0.2, 0.25) is 5.91 Å². The van der Waals surface area contributed by atoms with Crippen LogP contribution in [0.2, 0.25) is 10.0 Å². The monoisotopic (exact) mass is 317 g/mol. The van der Waals surface area contributed by atoms with Gasteiger partial charge in [0.25, 0.3) is 0 Å². The number of nitrogens with one attached hydrogen (secondary N) is 1. The van der Waals surface area contributed by atoms with Crippen LogP contribution in [0.3, 0.4) is 0 Å². The van der Waals surface area contributed by atoms with Crippen molar-refractivity contribution >= 4 is 52.3 Å². The van der Waals surface area contributed by atoms with Gasteiger partial charge in [-0.2, -0.15) is 5.10 Å². The Balaban J connectivity index is 2.21. The van der Waals surface area contributed by atoms with Crippen molar-refractivity contribution in [3.63, 3.8) is 0 Å². The molecule has 1 aliphatic heterocycles. The molecule has 1 amide bonds. The lowest BCUT2D eigenvalue weighted by Crippen LogP contribution is -2.19. The van der Waals surface area contributed by atoms with Gasteiger partial charge in [-0.25, -0.2) is 0 Å². The summed E-state index contributed by atoms with van der Waals surface area (Å²) < 4.78 is 5.17. The predicted molar refractivity (Wildman–Crippen MR) is 78.6 cm³/mol. The number of halogens is 2. The molecule has 0 bridgehead atoms. The Morgan fingerprint density at radius 1 is 1.47 bits per heavy atom. The summed E-state index contributed by atoms with van der Waals surface area (Å²) in [5.74, 6) is 0.751. The summed E-state index contributed by atoms with van der Waals surface area (Å²) in [6.07, 6.45) is 1.47. The molecule has 1 fully saturated rings. The molecule has 1 heterocycles. The number of amidine groups is 1. The van der Waals surface area contributed by atoms with Crippen LogP contribution in [0.15, 0.2) is 22.3 Å². The molecule has 0 unspecified atom stereocenters. The molecule has 5 nitrogen and oxygen atoms in total. The van der Waals surface area contributed by atoms with Crippen LogP contribution in [0.1, 0.15) is 5.56 Å². The SMILES string of the molecule is COc1c(Cl)cc(Cl)cc1C=NN=C1NC(=O)CS1. The first-order valence-corrected chi connectivity index (χ1v) is 6.91. The largest absolute Gasteiger partial charge is 0.495 e. The molecule has 0 saturated carbocycles. The average molecular weight is 318 g/mol. The van der Waals surface area contributed by atoms with E-state index in [1.165, 1.54) is 25.1 Å². The first-order chi connectivity index (χ1) is 9.10. The van der Waals surface area contributed by atoms with Crippen LogP contribution in [0.4, 0.5) is 0 Å². The van der Waals surface area contributed by atoms with E-state index in [-0.39, 0.29) is 5.91 Å². The van der Waals surface area contributed by atoms with E-state index in [9.17, 15) is 4.79 Å². The minimum absolute atomic E-state index is 0.0812. The summed E-state index contributed by atoms with van der Waals surface area (Å²) in [6.45, 7) is 0. The second kappa shape index (κ2) is 6.27. The van der Waals surface area contributed by atoms with Crippen molar-refractivity contribution in [3.8, 4) is 5.75 Å². The van der Waals surface area contributed by atoms with Crippen LogP contribution >= 0.6 is 35.0 Å². The number of hydrogen-bond acceptors (Lipinski definition) is 5. The minimum Gasteiger partial charge on any atom is -0.495 e. The van der Waals surface area contributed by atoms with Gasteiger partial charge in [-0.1, -0.05) is 35.0 Å². The predicted octanol–water partition coefficient (Wildman–Crippen LogP) is 2.55. The van der Waals surface area contributed by atoms with E-state index >= 15 is 0 Å². The van der Waals surface area contributed by atoms with Gasteiger partial charge in [0.1, 0.15) is 5.75 Å². The molecule has 0 radical (unpaired) electrons. The maximum atomic E-state index is 11.0. The van der Waals surface area contributed by atoms with Crippen molar-refractivity contribution in [1.82, 2.24) is 5.32 Å². The molecule has 0 aliphatic carbocycles. The fourth-order valence-electron chi connectivity index (χ4n) is 1.41. The van der Waals surface area contributed by atoms with Crippen LogP contribution in [0.5, 0.6) is 5.75 Å². The minimum atomic E-state index is -0.0812. The molecule has 19 heavy (non-hydrogen) atoms. The van der Waals surface area contributed by atoms with E-state index in [0.29, 0.717) is 32.3 Å². The van der Waals surface area contributed by atoms with Crippen molar-refractivity contribution in [3.05, 3.63) is 27.7 Å². The Morgan fingerprint density at radius 2 is 2.26 bits per heavy atom. The number of ether oxygens (including phenoxy) is 1. The zero-order valence-electron chi connectivity index (χ0n) is 9.81.